The molecule has 0 amide bonds. The zero-order chi connectivity index (χ0) is 7.14. The van der Waals surface area contributed by atoms with Gasteiger partial charge in [0.25, 0.3) is 0 Å². The van der Waals surface area contributed by atoms with Crippen LogP contribution in [-0.4, -0.2) is 5.78 Å². The molecule has 10 heavy (non-hydrogen) atoms. The second-order valence-corrected chi connectivity index (χ2v) is 3.40. The maximum absolute atomic E-state index is 11.2. The van der Waals surface area contributed by atoms with Crippen LogP contribution in [0.1, 0.15) is 26.2 Å². The first-order chi connectivity index (χ1) is 4.79. The summed E-state index contributed by atoms with van der Waals surface area (Å²) >= 11 is 0. The van der Waals surface area contributed by atoms with Crippen molar-refractivity contribution >= 4 is 5.78 Å². The Hall–Kier alpha value is -0.590. The topological polar surface area (TPSA) is 17.1 Å². The number of carbonyl (C=O) groups is 1. The highest BCUT2D eigenvalue weighted by atomic mass is 16.1. The molecular weight excluding hydrogens is 124 g/mol. The summed E-state index contributed by atoms with van der Waals surface area (Å²) in [7, 11) is 0. The van der Waals surface area contributed by atoms with Crippen LogP contribution in [0.3, 0.4) is 0 Å². The average Bonchev–Trinajstić information content (AvgIpc) is 2.41. The molecule has 2 rings (SSSR count). The van der Waals surface area contributed by atoms with Crippen molar-refractivity contribution in [1.82, 2.24) is 0 Å². The van der Waals surface area contributed by atoms with Gasteiger partial charge in [-0.25, -0.2) is 0 Å². The van der Waals surface area contributed by atoms with Gasteiger partial charge in [0.2, 0.25) is 0 Å². The lowest BCUT2D eigenvalue weighted by atomic mass is 9.95. The van der Waals surface area contributed by atoms with Gasteiger partial charge in [0.15, 0.2) is 0 Å². The highest BCUT2D eigenvalue weighted by molar-refractivity contribution is 5.84. The Bertz CT molecular complexity index is 203. The number of ketones is 1. The van der Waals surface area contributed by atoms with E-state index in [0.717, 1.165) is 19.3 Å². The van der Waals surface area contributed by atoms with Crippen LogP contribution in [0.15, 0.2) is 11.6 Å². The monoisotopic (exact) mass is 136 g/mol. The molecule has 0 aromatic carbocycles. The van der Waals surface area contributed by atoms with Crippen molar-refractivity contribution in [2.45, 2.75) is 26.2 Å². The second-order valence-electron chi connectivity index (χ2n) is 3.40. The lowest BCUT2D eigenvalue weighted by Crippen LogP contribution is -2.09. The van der Waals surface area contributed by atoms with Crippen LogP contribution < -0.4 is 0 Å². The van der Waals surface area contributed by atoms with Crippen LogP contribution >= 0.6 is 0 Å². The molecule has 0 aromatic rings. The van der Waals surface area contributed by atoms with Crippen LogP contribution in [0.2, 0.25) is 0 Å². The van der Waals surface area contributed by atoms with Gasteiger partial charge in [-0.05, 0) is 25.7 Å². The van der Waals surface area contributed by atoms with E-state index in [4.69, 9.17) is 0 Å². The van der Waals surface area contributed by atoms with E-state index in [1.54, 1.807) is 0 Å². The van der Waals surface area contributed by atoms with Crippen molar-refractivity contribution in [2.75, 3.05) is 0 Å². The molecule has 0 N–H and O–H groups in total. The predicted molar refractivity (Wildman–Crippen MR) is 39.6 cm³/mol. The minimum absolute atomic E-state index is 0.389. The van der Waals surface area contributed by atoms with Gasteiger partial charge in [0.05, 0.1) is 0 Å². The third-order valence-corrected chi connectivity index (χ3v) is 2.88. The fourth-order valence-electron chi connectivity index (χ4n) is 2.21. The Morgan fingerprint density at radius 3 is 3.00 bits per heavy atom. The number of allylic oxidation sites excluding steroid dienone is 2. The number of rotatable bonds is 0. The van der Waals surface area contributed by atoms with Crippen molar-refractivity contribution in [2.24, 2.45) is 11.8 Å². The summed E-state index contributed by atoms with van der Waals surface area (Å²) in [5.41, 5.74) is 1.45. The van der Waals surface area contributed by atoms with E-state index in [2.05, 4.69) is 13.0 Å². The zero-order valence-electron chi connectivity index (χ0n) is 6.26. The average molecular weight is 136 g/mol. The molecule has 1 saturated carbocycles. The molecule has 54 valence electrons. The summed E-state index contributed by atoms with van der Waals surface area (Å²) in [6.07, 6.45) is 5.20. The number of Topliss-reactive ketones (excluding diaryl/α,β-unsaturated/α-hetero) is 1. The lowest BCUT2D eigenvalue weighted by Gasteiger charge is -2.07. The lowest BCUT2D eigenvalue weighted by molar-refractivity contribution is -0.120. The van der Waals surface area contributed by atoms with Gasteiger partial charge in [-0.2, -0.15) is 0 Å². The molecule has 0 bridgehead atoms. The normalized spacial score (nSPS) is 38.1. The Labute approximate surface area is 61.1 Å². The van der Waals surface area contributed by atoms with E-state index in [1.165, 1.54) is 5.57 Å². The molecule has 2 aliphatic rings. The molecule has 0 saturated heterocycles. The van der Waals surface area contributed by atoms with E-state index < -0.39 is 0 Å². The second kappa shape index (κ2) is 1.94. The van der Waals surface area contributed by atoms with Gasteiger partial charge in [-0.15, -0.1) is 0 Å². The predicted octanol–water partition coefficient (Wildman–Crippen LogP) is 1.93. The number of fused-ring (bicyclic) bond motifs is 1. The van der Waals surface area contributed by atoms with Crippen LogP contribution in [-0.2, 0) is 4.79 Å². The number of hydrogen-bond donors (Lipinski definition) is 0. The maximum Gasteiger partial charge on any atom is 0.136 e. The Balaban J connectivity index is 2.24. The Morgan fingerprint density at radius 1 is 1.50 bits per heavy atom. The van der Waals surface area contributed by atoms with E-state index in [9.17, 15) is 4.79 Å². The van der Waals surface area contributed by atoms with Gasteiger partial charge in [0.1, 0.15) is 5.78 Å². The van der Waals surface area contributed by atoms with Crippen molar-refractivity contribution < 1.29 is 4.79 Å². The minimum atomic E-state index is 0.389. The van der Waals surface area contributed by atoms with Crippen molar-refractivity contribution in [3.63, 3.8) is 0 Å². The molecule has 0 unspecified atom stereocenters. The molecule has 1 nitrogen and oxygen atoms in total. The van der Waals surface area contributed by atoms with Gasteiger partial charge >= 0.3 is 0 Å². The molecule has 0 aliphatic heterocycles. The Kier molecular flexibility index (Phi) is 1.19. The molecule has 0 spiro atoms. The fraction of sp³-hybridized carbons (Fsp3) is 0.667. The molecule has 1 fully saturated rings. The third-order valence-electron chi connectivity index (χ3n) is 2.88. The summed E-state index contributed by atoms with van der Waals surface area (Å²) in [6, 6.07) is 0. The fourth-order valence-corrected chi connectivity index (χ4v) is 2.21. The molecule has 0 aromatic heterocycles. The van der Waals surface area contributed by atoms with Gasteiger partial charge < -0.3 is 0 Å². The largest absolute Gasteiger partial charge is 0.299 e. The summed E-state index contributed by atoms with van der Waals surface area (Å²) in [5.74, 6) is 1.52. The van der Waals surface area contributed by atoms with Crippen molar-refractivity contribution in [3.05, 3.63) is 11.6 Å². The molecule has 2 aliphatic carbocycles. The van der Waals surface area contributed by atoms with Gasteiger partial charge in [-0.3, -0.25) is 4.79 Å². The molecule has 2 atom stereocenters. The van der Waals surface area contributed by atoms with Crippen molar-refractivity contribution in [1.29, 1.82) is 0 Å². The van der Waals surface area contributed by atoms with E-state index in [1.807, 2.05) is 0 Å². The highest BCUT2D eigenvalue weighted by Crippen LogP contribution is 2.41. The first-order valence-corrected chi connectivity index (χ1v) is 3.98. The summed E-state index contributed by atoms with van der Waals surface area (Å²) in [4.78, 5) is 11.2. The molecule has 1 heteroatoms. The highest BCUT2D eigenvalue weighted by Gasteiger charge is 2.37. The van der Waals surface area contributed by atoms with Crippen LogP contribution in [0.4, 0.5) is 0 Å². The summed E-state index contributed by atoms with van der Waals surface area (Å²) in [5, 5.41) is 0. The standard InChI is InChI=1S/C9H12O/c1-6-2-3-8-7(6)4-5-9(8)10/h2,7-8H,3-5H2,1H3/t7-,8+/m0/s1. The van der Waals surface area contributed by atoms with Crippen LogP contribution in [0, 0.1) is 11.8 Å². The number of carbonyl (C=O) groups excluding carboxylic acids is 1. The zero-order valence-corrected chi connectivity index (χ0v) is 6.26. The summed E-state index contributed by atoms with van der Waals surface area (Å²) in [6.45, 7) is 2.16. The van der Waals surface area contributed by atoms with Crippen LogP contribution in [0.25, 0.3) is 0 Å². The smallest absolute Gasteiger partial charge is 0.136 e. The van der Waals surface area contributed by atoms with E-state index in [-0.39, 0.29) is 0 Å². The van der Waals surface area contributed by atoms with Gasteiger partial charge in [-0.1, -0.05) is 11.6 Å². The molecule has 0 heterocycles. The van der Waals surface area contributed by atoms with Gasteiger partial charge in [0, 0.05) is 12.3 Å². The quantitative estimate of drug-likeness (QED) is 0.465. The van der Waals surface area contributed by atoms with E-state index in [0.29, 0.717) is 17.6 Å². The first-order valence-electron chi connectivity index (χ1n) is 3.98. The van der Waals surface area contributed by atoms with Crippen LogP contribution in [0.5, 0.6) is 0 Å². The Morgan fingerprint density at radius 2 is 2.30 bits per heavy atom. The third kappa shape index (κ3) is 0.664. The minimum Gasteiger partial charge on any atom is -0.299 e. The first kappa shape index (κ1) is 6.14. The van der Waals surface area contributed by atoms with Crippen molar-refractivity contribution in [3.8, 4) is 0 Å². The SMILES string of the molecule is CC1=CC[C@H]2C(=O)CC[C@@H]12. The summed E-state index contributed by atoms with van der Waals surface area (Å²) < 4.78 is 0. The number of hydrogen-bond acceptors (Lipinski definition) is 1. The maximum atomic E-state index is 11.2. The molecule has 0 radical (unpaired) electrons. The molecular formula is C9H12O. The van der Waals surface area contributed by atoms with E-state index >= 15 is 0 Å².